The van der Waals surface area contributed by atoms with E-state index in [1.165, 1.54) is 16.7 Å². The van der Waals surface area contributed by atoms with E-state index in [1.54, 1.807) is 0 Å². The number of rotatable bonds is 4. The number of hydrogen-bond donors (Lipinski definition) is 1. The molecule has 16 heavy (non-hydrogen) atoms. The monoisotopic (exact) mass is 220 g/mol. The van der Waals surface area contributed by atoms with Gasteiger partial charge in [-0.3, -0.25) is 0 Å². The molecule has 0 aliphatic heterocycles. The molecule has 0 amide bonds. The highest BCUT2D eigenvalue weighted by Gasteiger charge is 2.54. The molecule has 0 spiro atoms. The summed E-state index contributed by atoms with van der Waals surface area (Å²) >= 11 is 0. The van der Waals surface area contributed by atoms with E-state index in [0.717, 1.165) is 12.8 Å². The minimum atomic E-state index is 0.192. The Morgan fingerprint density at radius 2 is 2.00 bits per heavy atom. The van der Waals surface area contributed by atoms with Crippen LogP contribution in [0.25, 0.3) is 0 Å². The fourth-order valence-electron chi connectivity index (χ4n) is 2.33. The lowest BCUT2D eigenvalue weighted by Gasteiger charge is -2.06. The van der Waals surface area contributed by atoms with Crippen molar-refractivity contribution < 1.29 is 5.11 Å². The number of hydrogen-bond acceptors (Lipinski definition) is 1. The van der Waals surface area contributed by atoms with Gasteiger partial charge in [-0.15, -0.1) is 5.73 Å². The van der Waals surface area contributed by atoms with E-state index >= 15 is 0 Å². The summed E-state index contributed by atoms with van der Waals surface area (Å²) in [6.07, 6.45) is 4.50. The molecule has 1 nitrogen and oxygen atoms in total. The van der Waals surface area contributed by atoms with Crippen LogP contribution >= 0.6 is 0 Å². The van der Waals surface area contributed by atoms with Crippen molar-refractivity contribution in [2.75, 3.05) is 6.61 Å². The standard InChI is InChI=1S/C15H24O/c1-11(2)7-6-8-15(5)13(9-12(3)4)14(15)10-16/h7,14,16H,6,8,10H2,1-5H3/t14-,15-/m1/s1. The zero-order valence-electron chi connectivity index (χ0n) is 11.2. The van der Waals surface area contributed by atoms with Crippen molar-refractivity contribution in [3.63, 3.8) is 0 Å². The molecular formula is C15H24O. The Labute approximate surface area is 99.6 Å². The van der Waals surface area contributed by atoms with Crippen molar-refractivity contribution in [3.05, 3.63) is 28.5 Å². The molecule has 1 fully saturated rings. The summed E-state index contributed by atoms with van der Waals surface area (Å²) in [4.78, 5) is 0. The molecular weight excluding hydrogens is 196 g/mol. The quantitative estimate of drug-likeness (QED) is 0.563. The average molecular weight is 220 g/mol. The van der Waals surface area contributed by atoms with Gasteiger partial charge in [-0.2, -0.15) is 0 Å². The molecule has 1 N–H and O–H groups in total. The van der Waals surface area contributed by atoms with Crippen molar-refractivity contribution in [2.45, 2.75) is 47.5 Å². The maximum absolute atomic E-state index is 9.35. The first-order chi connectivity index (χ1) is 7.41. The maximum atomic E-state index is 9.35. The van der Waals surface area contributed by atoms with E-state index in [4.69, 9.17) is 0 Å². The highest BCUT2D eigenvalue weighted by atomic mass is 16.3. The molecule has 0 heterocycles. The molecule has 1 aliphatic rings. The van der Waals surface area contributed by atoms with Crippen LogP contribution in [0.15, 0.2) is 28.5 Å². The van der Waals surface area contributed by atoms with E-state index in [-0.39, 0.29) is 12.0 Å². The van der Waals surface area contributed by atoms with Gasteiger partial charge >= 0.3 is 0 Å². The highest BCUT2D eigenvalue weighted by molar-refractivity contribution is 5.37. The van der Waals surface area contributed by atoms with Crippen LogP contribution in [0.4, 0.5) is 0 Å². The minimum absolute atomic E-state index is 0.192. The molecule has 90 valence electrons. The normalized spacial score (nSPS) is 27.4. The van der Waals surface area contributed by atoms with E-state index in [1.807, 2.05) is 0 Å². The lowest BCUT2D eigenvalue weighted by atomic mass is 9.98. The van der Waals surface area contributed by atoms with Gasteiger partial charge in [-0.25, -0.2) is 0 Å². The van der Waals surface area contributed by atoms with E-state index in [0.29, 0.717) is 5.92 Å². The van der Waals surface area contributed by atoms with Gasteiger partial charge in [0.1, 0.15) is 0 Å². The smallest absolute Gasteiger partial charge is 0.0511 e. The number of aliphatic hydroxyl groups is 1. The van der Waals surface area contributed by atoms with E-state index in [9.17, 15) is 5.11 Å². The van der Waals surface area contributed by atoms with Gasteiger partial charge < -0.3 is 5.11 Å². The number of aliphatic hydroxyl groups excluding tert-OH is 1. The second-order valence-electron chi connectivity index (χ2n) is 5.51. The first-order valence-electron chi connectivity index (χ1n) is 6.10. The predicted molar refractivity (Wildman–Crippen MR) is 69.2 cm³/mol. The molecule has 0 bridgehead atoms. The predicted octanol–water partition coefficient (Wildman–Crippen LogP) is 3.85. The zero-order chi connectivity index (χ0) is 12.3. The summed E-state index contributed by atoms with van der Waals surface area (Å²) in [5.74, 6) is 0.341. The summed E-state index contributed by atoms with van der Waals surface area (Å²) in [6, 6.07) is 0. The second kappa shape index (κ2) is 5.03. The van der Waals surface area contributed by atoms with Crippen LogP contribution in [0.1, 0.15) is 47.5 Å². The van der Waals surface area contributed by atoms with Crippen LogP contribution in [-0.2, 0) is 0 Å². The molecule has 0 aromatic rings. The van der Waals surface area contributed by atoms with E-state index in [2.05, 4.69) is 46.4 Å². The fraction of sp³-hybridized carbons (Fsp3) is 0.667. The molecule has 1 saturated carbocycles. The van der Waals surface area contributed by atoms with Gasteiger partial charge in [0.05, 0.1) is 6.61 Å². The highest BCUT2D eigenvalue weighted by Crippen LogP contribution is 2.60. The fourth-order valence-corrected chi connectivity index (χ4v) is 2.33. The van der Waals surface area contributed by atoms with Gasteiger partial charge in [0.25, 0.3) is 0 Å². The van der Waals surface area contributed by atoms with Crippen LogP contribution in [0, 0.1) is 11.3 Å². The Morgan fingerprint density at radius 3 is 2.44 bits per heavy atom. The Bertz CT molecular complexity index is 348. The third kappa shape index (κ3) is 2.87. The SMILES string of the molecule is CC(C)=C=C1[C@@H](CO)[C@]1(C)CCC=C(C)C. The van der Waals surface area contributed by atoms with Gasteiger partial charge in [0, 0.05) is 11.3 Å². The van der Waals surface area contributed by atoms with Crippen LogP contribution in [0.5, 0.6) is 0 Å². The summed E-state index contributed by atoms with van der Waals surface area (Å²) in [6.45, 7) is 10.9. The largest absolute Gasteiger partial charge is 0.396 e. The lowest BCUT2D eigenvalue weighted by Crippen LogP contribution is -2.00. The van der Waals surface area contributed by atoms with E-state index < -0.39 is 0 Å². The second-order valence-corrected chi connectivity index (χ2v) is 5.51. The van der Waals surface area contributed by atoms with Crippen molar-refractivity contribution in [1.82, 2.24) is 0 Å². The van der Waals surface area contributed by atoms with Crippen LogP contribution in [0.3, 0.4) is 0 Å². The molecule has 0 unspecified atom stereocenters. The Morgan fingerprint density at radius 1 is 1.38 bits per heavy atom. The zero-order valence-corrected chi connectivity index (χ0v) is 11.2. The van der Waals surface area contributed by atoms with Gasteiger partial charge in [-0.1, -0.05) is 18.6 Å². The van der Waals surface area contributed by atoms with Crippen LogP contribution < -0.4 is 0 Å². The maximum Gasteiger partial charge on any atom is 0.0511 e. The summed E-state index contributed by atoms with van der Waals surface area (Å²) < 4.78 is 0. The molecule has 0 aromatic carbocycles. The first-order valence-corrected chi connectivity index (χ1v) is 6.10. The summed E-state index contributed by atoms with van der Waals surface area (Å²) in [7, 11) is 0. The Balaban J connectivity index is 2.72. The summed E-state index contributed by atoms with van der Waals surface area (Å²) in [5.41, 5.74) is 7.49. The Kier molecular flexibility index (Phi) is 4.18. The molecule has 0 aromatic heterocycles. The van der Waals surface area contributed by atoms with Crippen molar-refractivity contribution in [1.29, 1.82) is 0 Å². The molecule has 0 saturated heterocycles. The van der Waals surface area contributed by atoms with Crippen LogP contribution in [0.2, 0.25) is 0 Å². The van der Waals surface area contributed by atoms with Gasteiger partial charge in [0.2, 0.25) is 0 Å². The third-order valence-corrected chi connectivity index (χ3v) is 3.43. The third-order valence-electron chi connectivity index (χ3n) is 3.43. The molecule has 1 heteroatoms. The van der Waals surface area contributed by atoms with Crippen molar-refractivity contribution in [3.8, 4) is 0 Å². The van der Waals surface area contributed by atoms with Gasteiger partial charge in [-0.05, 0) is 51.7 Å². The van der Waals surface area contributed by atoms with Gasteiger partial charge in [0.15, 0.2) is 0 Å². The van der Waals surface area contributed by atoms with Crippen molar-refractivity contribution >= 4 is 0 Å². The molecule has 0 radical (unpaired) electrons. The molecule has 2 atom stereocenters. The average Bonchev–Trinajstić information content (AvgIpc) is 2.68. The van der Waals surface area contributed by atoms with Crippen LogP contribution in [-0.4, -0.2) is 11.7 Å². The molecule has 1 rings (SSSR count). The molecule has 1 aliphatic carbocycles. The first kappa shape index (κ1) is 13.3. The van der Waals surface area contributed by atoms with Crippen molar-refractivity contribution in [2.24, 2.45) is 11.3 Å². The Hall–Kier alpha value is -0.780. The lowest BCUT2D eigenvalue weighted by molar-refractivity contribution is 0.251. The number of allylic oxidation sites excluding steroid dienone is 2. The topological polar surface area (TPSA) is 20.2 Å². The summed E-state index contributed by atoms with van der Waals surface area (Å²) in [5, 5.41) is 9.35. The minimum Gasteiger partial charge on any atom is -0.396 e.